The maximum absolute atomic E-state index is 11.4. The summed E-state index contributed by atoms with van der Waals surface area (Å²) < 4.78 is 11.3. The summed E-state index contributed by atoms with van der Waals surface area (Å²) in [4.78, 5) is 21.6. The average molecular weight is 389 g/mol. The minimum absolute atomic E-state index is 0.0162. The zero-order chi connectivity index (χ0) is 20.0. The van der Waals surface area contributed by atoms with E-state index in [9.17, 15) is 4.79 Å². The van der Waals surface area contributed by atoms with E-state index < -0.39 is 31.2 Å². The highest BCUT2D eigenvalue weighted by molar-refractivity contribution is 5.70. The van der Waals surface area contributed by atoms with Crippen molar-refractivity contribution in [3.05, 3.63) is 16.7 Å². The van der Waals surface area contributed by atoms with Crippen LogP contribution in [0, 0.1) is 0 Å². The van der Waals surface area contributed by atoms with Gasteiger partial charge in [-0.05, 0) is 0 Å². The van der Waals surface area contributed by atoms with Gasteiger partial charge in [-0.2, -0.15) is 4.98 Å². The van der Waals surface area contributed by atoms with Crippen molar-refractivity contribution < 1.29 is 35.0 Å². The van der Waals surface area contributed by atoms with Crippen molar-refractivity contribution >= 4 is 17.1 Å². The van der Waals surface area contributed by atoms with Crippen LogP contribution in [-0.4, -0.2) is 89.5 Å². The monoisotopic (exact) mass is 389 g/mol. The molecule has 3 rings (SSSR count). The number of imidazole rings is 1. The minimum atomic E-state index is -1.11. The second kappa shape index (κ2) is 9.70. The van der Waals surface area contributed by atoms with Gasteiger partial charge >= 0.3 is 0 Å². The van der Waals surface area contributed by atoms with E-state index in [0.29, 0.717) is 5.65 Å². The number of nitrogens with two attached hydrogens (primary N) is 1. The van der Waals surface area contributed by atoms with Gasteiger partial charge in [0.15, 0.2) is 17.5 Å². The molecule has 0 aromatic carbocycles. The van der Waals surface area contributed by atoms with Gasteiger partial charge in [0, 0.05) is 6.42 Å². The molecule has 1 unspecified atom stereocenters. The molecule has 0 aliphatic carbocycles. The van der Waals surface area contributed by atoms with Crippen LogP contribution in [-0.2, 0) is 16.2 Å². The van der Waals surface area contributed by atoms with Gasteiger partial charge in [0.05, 0.1) is 32.3 Å². The topological polar surface area (TPSA) is 209 Å². The molecule has 13 nitrogen and oxygen atoms in total. The minimum Gasteiger partial charge on any atom is -0.394 e. The molecular formula is C14H23N5O8. The molecule has 13 heteroatoms. The van der Waals surface area contributed by atoms with Crippen molar-refractivity contribution in [2.45, 2.75) is 37.8 Å². The molecule has 4 atom stereocenters. The Morgan fingerprint density at radius 2 is 2.11 bits per heavy atom. The highest BCUT2D eigenvalue weighted by Crippen LogP contribution is 2.18. The second-order valence-corrected chi connectivity index (χ2v) is 5.70. The number of hydrogen-bond donors (Lipinski definition) is 7. The summed E-state index contributed by atoms with van der Waals surface area (Å²) in [5, 5.41) is 44.2. The summed E-state index contributed by atoms with van der Waals surface area (Å²) >= 11 is 0. The van der Waals surface area contributed by atoms with E-state index in [1.807, 2.05) is 0 Å². The van der Waals surface area contributed by atoms with Crippen LogP contribution >= 0.6 is 0 Å². The van der Waals surface area contributed by atoms with Gasteiger partial charge < -0.3 is 40.7 Å². The molecular weight excluding hydrogens is 366 g/mol. The van der Waals surface area contributed by atoms with E-state index in [1.54, 1.807) is 0 Å². The van der Waals surface area contributed by atoms with Gasteiger partial charge in [0.1, 0.15) is 18.9 Å². The lowest BCUT2D eigenvalue weighted by Crippen LogP contribution is -2.49. The van der Waals surface area contributed by atoms with E-state index in [2.05, 4.69) is 15.0 Å². The van der Waals surface area contributed by atoms with Crippen LogP contribution in [0.15, 0.2) is 11.1 Å². The van der Waals surface area contributed by atoms with E-state index in [1.165, 1.54) is 10.9 Å². The van der Waals surface area contributed by atoms with Crippen molar-refractivity contribution in [1.82, 2.24) is 19.5 Å². The van der Waals surface area contributed by atoms with Gasteiger partial charge in [-0.3, -0.25) is 14.3 Å². The van der Waals surface area contributed by atoms with Gasteiger partial charge in [0.2, 0.25) is 5.95 Å². The van der Waals surface area contributed by atoms with Crippen molar-refractivity contribution in [3.8, 4) is 0 Å². The van der Waals surface area contributed by atoms with Gasteiger partial charge in [-0.1, -0.05) is 0 Å². The van der Waals surface area contributed by atoms with E-state index in [0.717, 1.165) is 0 Å². The van der Waals surface area contributed by atoms with Crippen LogP contribution < -0.4 is 11.3 Å². The fraction of sp³-hybridized carbons (Fsp3) is 0.643. The smallest absolute Gasteiger partial charge is 0.280 e. The van der Waals surface area contributed by atoms with Crippen molar-refractivity contribution in [2.24, 2.45) is 0 Å². The summed E-state index contributed by atoms with van der Waals surface area (Å²) in [5.41, 5.74) is 5.60. The number of aliphatic hydroxyl groups is 5. The Morgan fingerprint density at radius 1 is 1.37 bits per heavy atom. The van der Waals surface area contributed by atoms with E-state index in [-0.39, 0.29) is 43.4 Å². The lowest BCUT2D eigenvalue weighted by Gasteiger charge is -2.33. The molecule has 0 bridgehead atoms. The van der Waals surface area contributed by atoms with E-state index >= 15 is 0 Å². The SMILES string of the molecule is Nc1nc2c(ncn2COCCO)c(=O)[nH]1.OC[C@H]1OC(O)C[C@@H](O)[C@@H]1O. The highest BCUT2D eigenvalue weighted by atomic mass is 16.6. The molecule has 3 heterocycles. The third-order valence-corrected chi connectivity index (χ3v) is 3.69. The molecule has 1 aliphatic rings. The Bertz CT molecular complexity index is 780. The molecule has 1 fully saturated rings. The maximum Gasteiger partial charge on any atom is 0.280 e. The van der Waals surface area contributed by atoms with Crippen molar-refractivity contribution in [3.63, 3.8) is 0 Å². The Morgan fingerprint density at radius 3 is 2.78 bits per heavy atom. The zero-order valence-electron chi connectivity index (χ0n) is 14.3. The number of anilines is 1. The Kier molecular flexibility index (Phi) is 7.61. The number of rotatable bonds is 5. The molecule has 1 saturated heterocycles. The van der Waals surface area contributed by atoms with Gasteiger partial charge in [-0.15, -0.1) is 0 Å². The predicted octanol–water partition coefficient (Wildman–Crippen LogP) is -3.52. The fourth-order valence-electron chi connectivity index (χ4n) is 2.38. The summed E-state index contributed by atoms with van der Waals surface area (Å²) in [6, 6.07) is 0. The Hall–Kier alpha value is -2.13. The number of nitrogens with one attached hydrogen (secondary N) is 1. The third kappa shape index (κ3) is 5.43. The summed E-state index contributed by atoms with van der Waals surface area (Å²) in [7, 11) is 0. The van der Waals surface area contributed by atoms with Crippen molar-refractivity contribution in [2.75, 3.05) is 25.6 Å². The molecule has 1 aliphatic heterocycles. The largest absolute Gasteiger partial charge is 0.394 e. The zero-order valence-corrected chi connectivity index (χ0v) is 14.3. The van der Waals surface area contributed by atoms with Crippen LogP contribution in [0.5, 0.6) is 0 Å². The van der Waals surface area contributed by atoms with E-state index in [4.69, 9.17) is 40.7 Å². The number of fused-ring (bicyclic) bond motifs is 1. The first kappa shape index (κ1) is 21.2. The quantitative estimate of drug-likeness (QED) is 0.249. The number of aromatic nitrogens is 4. The Labute approximate surface area is 152 Å². The molecule has 8 N–H and O–H groups in total. The molecule has 2 aromatic rings. The number of nitrogen functional groups attached to an aromatic ring is 1. The van der Waals surface area contributed by atoms with Crippen LogP contribution in [0.2, 0.25) is 0 Å². The second-order valence-electron chi connectivity index (χ2n) is 5.70. The highest BCUT2D eigenvalue weighted by Gasteiger charge is 2.35. The van der Waals surface area contributed by atoms with Crippen LogP contribution in [0.4, 0.5) is 5.95 Å². The predicted molar refractivity (Wildman–Crippen MR) is 90.2 cm³/mol. The molecule has 27 heavy (non-hydrogen) atoms. The number of ether oxygens (including phenoxy) is 2. The first-order valence-electron chi connectivity index (χ1n) is 8.07. The molecule has 152 valence electrons. The summed E-state index contributed by atoms with van der Waals surface area (Å²) in [6.07, 6.45) is -2.68. The van der Waals surface area contributed by atoms with Gasteiger partial charge in [-0.25, -0.2) is 4.98 Å². The summed E-state index contributed by atoms with van der Waals surface area (Å²) in [5.74, 6) is 0.0291. The standard InChI is InChI=1S/C8H11N5O3.C6H12O5/c9-8-11-6-5(7(15)12-8)10-3-13(6)4-16-2-1-14;7-2-4-6(10)3(8)1-5(9)11-4/h3,14H,1-2,4H2,(H3,9,11,12,15);3-10H,1-2H2/t;3-,4-,5?,6+/m.1/s1. The maximum atomic E-state index is 11.4. The lowest BCUT2D eigenvalue weighted by molar-refractivity contribution is -0.239. The van der Waals surface area contributed by atoms with Gasteiger partial charge in [0.25, 0.3) is 5.56 Å². The molecule has 2 aromatic heterocycles. The number of hydrogen-bond acceptors (Lipinski definition) is 11. The fourth-order valence-corrected chi connectivity index (χ4v) is 2.38. The van der Waals surface area contributed by atoms with Crippen molar-refractivity contribution in [1.29, 1.82) is 0 Å². The number of aromatic amines is 1. The lowest BCUT2D eigenvalue weighted by atomic mass is 10.0. The molecule has 0 saturated carbocycles. The molecule has 0 spiro atoms. The van der Waals surface area contributed by atoms with Crippen LogP contribution in [0.1, 0.15) is 6.42 Å². The normalized spacial score (nSPS) is 25.2. The number of aliphatic hydroxyl groups excluding tert-OH is 5. The third-order valence-electron chi connectivity index (χ3n) is 3.69. The Balaban J connectivity index is 0.000000208. The number of H-pyrrole nitrogens is 1. The van der Waals surface area contributed by atoms with Crippen LogP contribution in [0.3, 0.4) is 0 Å². The molecule has 0 radical (unpaired) electrons. The number of nitrogens with zero attached hydrogens (tertiary/aromatic N) is 3. The summed E-state index contributed by atoms with van der Waals surface area (Å²) in [6.45, 7) is -0.108. The average Bonchev–Trinajstić information content (AvgIpc) is 3.02. The first-order chi connectivity index (χ1) is 12.9. The van der Waals surface area contributed by atoms with Crippen LogP contribution in [0.25, 0.3) is 11.2 Å². The molecule has 0 amide bonds. The first-order valence-corrected chi connectivity index (χ1v) is 8.07.